The Bertz CT molecular complexity index is 599. The summed E-state index contributed by atoms with van der Waals surface area (Å²) in [7, 11) is 3.67. The maximum Gasteiger partial charge on any atom is 0.295 e. The third kappa shape index (κ3) is 1.89. The minimum Gasteiger partial charge on any atom is -0.362 e. The fourth-order valence-corrected chi connectivity index (χ4v) is 1.97. The molecule has 1 heterocycles. The third-order valence-electron chi connectivity index (χ3n) is 2.45. The molecule has 88 valence electrons. The van der Waals surface area contributed by atoms with Crippen LogP contribution in [0.1, 0.15) is 0 Å². The summed E-state index contributed by atoms with van der Waals surface area (Å²) < 4.78 is 0. The van der Waals surface area contributed by atoms with Crippen LogP contribution < -0.4 is 4.90 Å². The molecule has 0 aliphatic carbocycles. The van der Waals surface area contributed by atoms with Gasteiger partial charge in [0.1, 0.15) is 10.8 Å². The molecule has 0 unspecified atom stereocenters. The van der Waals surface area contributed by atoms with Gasteiger partial charge in [-0.2, -0.15) is 0 Å². The van der Waals surface area contributed by atoms with Gasteiger partial charge in [0.25, 0.3) is 5.69 Å². The van der Waals surface area contributed by atoms with Gasteiger partial charge in [0, 0.05) is 25.7 Å². The van der Waals surface area contributed by atoms with Crippen LogP contribution in [0.5, 0.6) is 0 Å². The normalized spacial score (nSPS) is 10.5. The van der Waals surface area contributed by atoms with Gasteiger partial charge < -0.3 is 4.90 Å². The highest BCUT2D eigenvalue weighted by molar-refractivity contribution is 6.34. The number of aromatic nitrogens is 1. The Morgan fingerprint density at radius 3 is 2.59 bits per heavy atom. The van der Waals surface area contributed by atoms with Gasteiger partial charge in [0.05, 0.1) is 10.3 Å². The molecule has 0 saturated carbocycles. The average molecular weight is 252 g/mol. The van der Waals surface area contributed by atoms with E-state index >= 15 is 0 Å². The SMILES string of the molecule is CN(C)c1nccc2c([N+](=O)[O-])c(Cl)ccc12. The van der Waals surface area contributed by atoms with Crippen LogP contribution in [0.3, 0.4) is 0 Å². The molecule has 0 atom stereocenters. The monoisotopic (exact) mass is 251 g/mol. The highest BCUT2D eigenvalue weighted by Crippen LogP contribution is 2.35. The maximum absolute atomic E-state index is 11.0. The lowest BCUT2D eigenvalue weighted by molar-refractivity contribution is -0.382. The molecule has 0 fully saturated rings. The standard InChI is InChI=1S/C11H10ClN3O2/c1-14(2)11-8-3-4-9(12)10(15(16)17)7(8)5-6-13-11/h3-6H,1-2H3. The molecule has 0 N–H and O–H groups in total. The van der Waals surface area contributed by atoms with Crippen molar-refractivity contribution in [3.05, 3.63) is 39.5 Å². The number of halogens is 1. The largest absolute Gasteiger partial charge is 0.362 e. The molecule has 2 aromatic rings. The molecule has 0 aliphatic heterocycles. The quantitative estimate of drug-likeness (QED) is 0.608. The Hall–Kier alpha value is -1.88. The van der Waals surface area contributed by atoms with Crippen molar-refractivity contribution in [2.45, 2.75) is 0 Å². The molecule has 2 rings (SSSR count). The molecule has 0 bridgehead atoms. The number of nitro groups is 1. The van der Waals surface area contributed by atoms with E-state index in [1.54, 1.807) is 23.2 Å². The van der Waals surface area contributed by atoms with E-state index in [0.29, 0.717) is 16.6 Å². The Morgan fingerprint density at radius 2 is 2.00 bits per heavy atom. The molecule has 0 amide bonds. The Labute approximate surface area is 103 Å². The topological polar surface area (TPSA) is 59.3 Å². The van der Waals surface area contributed by atoms with E-state index in [1.807, 2.05) is 14.1 Å². The summed E-state index contributed by atoms with van der Waals surface area (Å²) in [6.07, 6.45) is 1.54. The van der Waals surface area contributed by atoms with Crippen LogP contribution in [-0.2, 0) is 0 Å². The van der Waals surface area contributed by atoms with E-state index in [1.165, 1.54) is 6.07 Å². The van der Waals surface area contributed by atoms with E-state index in [2.05, 4.69) is 4.98 Å². The van der Waals surface area contributed by atoms with E-state index in [4.69, 9.17) is 11.6 Å². The fraction of sp³-hybridized carbons (Fsp3) is 0.182. The lowest BCUT2D eigenvalue weighted by atomic mass is 10.1. The van der Waals surface area contributed by atoms with Crippen molar-refractivity contribution in [3.8, 4) is 0 Å². The summed E-state index contributed by atoms with van der Waals surface area (Å²) in [6, 6.07) is 4.87. The zero-order valence-corrected chi connectivity index (χ0v) is 10.1. The summed E-state index contributed by atoms with van der Waals surface area (Å²) in [5, 5.41) is 12.4. The smallest absolute Gasteiger partial charge is 0.295 e. The number of nitrogens with zero attached hydrogens (tertiary/aromatic N) is 3. The molecule has 6 heteroatoms. The molecule has 1 aromatic carbocycles. The number of benzene rings is 1. The highest BCUT2D eigenvalue weighted by atomic mass is 35.5. The molecule has 0 saturated heterocycles. The van der Waals surface area contributed by atoms with Gasteiger partial charge in [-0.15, -0.1) is 0 Å². The van der Waals surface area contributed by atoms with E-state index in [-0.39, 0.29) is 10.7 Å². The first-order valence-corrected chi connectivity index (χ1v) is 5.29. The van der Waals surface area contributed by atoms with Crippen molar-refractivity contribution < 1.29 is 4.92 Å². The van der Waals surface area contributed by atoms with Gasteiger partial charge in [0.2, 0.25) is 0 Å². The van der Waals surface area contributed by atoms with Gasteiger partial charge in [0.15, 0.2) is 0 Å². The molecule has 0 radical (unpaired) electrons. The van der Waals surface area contributed by atoms with Gasteiger partial charge in [-0.1, -0.05) is 11.6 Å². The summed E-state index contributed by atoms with van der Waals surface area (Å²) >= 11 is 5.85. The molecule has 1 aromatic heterocycles. The van der Waals surface area contributed by atoms with Gasteiger partial charge >= 0.3 is 0 Å². The minimum atomic E-state index is -0.468. The van der Waals surface area contributed by atoms with E-state index in [9.17, 15) is 10.1 Å². The number of hydrogen-bond acceptors (Lipinski definition) is 4. The van der Waals surface area contributed by atoms with Gasteiger partial charge in [-0.3, -0.25) is 10.1 Å². The first kappa shape index (κ1) is 11.6. The minimum absolute atomic E-state index is 0.0744. The molecular formula is C11H10ClN3O2. The lowest BCUT2D eigenvalue weighted by Crippen LogP contribution is -2.11. The number of pyridine rings is 1. The van der Waals surface area contributed by atoms with Crippen molar-refractivity contribution in [2.75, 3.05) is 19.0 Å². The second-order valence-electron chi connectivity index (χ2n) is 3.78. The number of rotatable bonds is 2. The predicted octanol–water partition coefficient (Wildman–Crippen LogP) is 2.86. The molecular weight excluding hydrogens is 242 g/mol. The second kappa shape index (κ2) is 4.18. The Balaban J connectivity index is 2.88. The summed E-state index contributed by atoms with van der Waals surface area (Å²) in [5.41, 5.74) is -0.0744. The molecule has 0 spiro atoms. The highest BCUT2D eigenvalue weighted by Gasteiger charge is 2.19. The van der Waals surface area contributed by atoms with Crippen LogP contribution in [0.25, 0.3) is 10.8 Å². The van der Waals surface area contributed by atoms with Crippen molar-refractivity contribution in [1.82, 2.24) is 4.98 Å². The Kier molecular flexibility index (Phi) is 2.85. The lowest BCUT2D eigenvalue weighted by Gasteiger charge is -2.13. The van der Waals surface area contributed by atoms with Crippen molar-refractivity contribution in [3.63, 3.8) is 0 Å². The van der Waals surface area contributed by atoms with Gasteiger partial charge in [-0.25, -0.2) is 4.98 Å². The van der Waals surface area contributed by atoms with Crippen LogP contribution in [-0.4, -0.2) is 24.0 Å². The summed E-state index contributed by atoms with van der Waals surface area (Å²) in [4.78, 5) is 16.5. The van der Waals surface area contributed by atoms with E-state index < -0.39 is 4.92 Å². The van der Waals surface area contributed by atoms with Crippen LogP contribution >= 0.6 is 11.6 Å². The zero-order chi connectivity index (χ0) is 12.6. The first-order chi connectivity index (χ1) is 8.02. The van der Waals surface area contributed by atoms with Crippen LogP contribution in [0, 0.1) is 10.1 Å². The third-order valence-corrected chi connectivity index (χ3v) is 2.76. The van der Waals surface area contributed by atoms with Gasteiger partial charge in [-0.05, 0) is 18.2 Å². The summed E-state index contributed by atoms with van der Waals surface area (Å²) in [5.74, 6) is 0.683. The average Bonchev–Trinajstić information content (AvgIpc) is 2.26. The Morgan fingerprint density at radius 1 is 1.29 bits per heavy atom. The van der Waals surface area contributed by atoms with Crippen molar-refractivity contribution >= 4 is 33.9 Å². The first-order valence-electron chi connectivity index (χ1n) is 4.91. The zero-order valence-electron chi connectivity index (χ0n) is 9.35. The second-order valence-corrected chi connectivity index (χ2v) is 4.18. The number of nitro benzene ring substituents is 1. The molecule has 5 nitrogen and oxygen atoms in total. The number of fused-ring (bicyclic) bond motifs is 1. The maximum atomic E-state index is 11.0. The van der Waals surface area contributed by atoms with E-state index in [0.717, 1.165) is 0 Å². The molecule has 17 heavy (non-hydrogen) atoms. The predicted molar refractivity (Wildman–Crippen MR) is 67.7 cm³/mol. The van der Waals surface area contributed by atoms with Crippen molar-refractivity contribution in [2.24, 2.45) is 0 Å². The van der Waals surface area contributed by atoms with Crippen molar-refractivity contribution in [1.29, 1.82) is 0 Å². The molecule has 0 aliphatic rings. The summed E-state index contributed by atoms with van der Waals surface area (Å²) in [6.45, 7) is 0. The number of hydrogen-bond donors (Lipinski definition) is 0. The fourth-order valence-electron chi connectivity index (χ4n) is 1.74. The van der Waals surface area contributed by atoms with Crippen LogP contribution in [0.2, 0.25) is 5.02 Å². The number of anilines is 1. The van der Waals surface area contributed by atoms with Crippen LogP contribution in [0.4, 0.5) is 11.5 Å². The van der Waals surface area contributed by atoms with Crippen LogP contribution in [0.15, 0.2) is 24.4 Å².